The van der Waals surface area contributed by atoms with Crippen LogP contribution in [0.1, 0.15) is 49.2 Å². The van der Waals surface area contributed by atoms with E-state index in [-0.39, 0.29) is 28.9 Å². The van der Waals surface area contributed by atoms with E-state index in [4.69, 9.17) is 16.3 Å². The Morgan fingerprint density at radius 3 is 2.49 bits per heavy atom. The molecule has 0 radical (unpaired) electrons. The minimum absolute atomic E-state index is 0.0660. The number of nitro groups is 1. The van der Waals surface area contributed by atoms with E-state index in [1.807, 2.05) is 6.92 Å². The second-order valence-electron chi connectivity index (χ2n) is 7.75. The monoisotopic (exact) mass is 500 g/mol. The third kappa shape index (κ3) is 5.60. The Morgan fingerprint density at radius 1 is 1.20 bits per heavy atom. The summed E-state index contributed by atoms with van der Waals surface area (Å²) in [5, 5.41) is 16.5. The number of hydrogen-bond donors (Lipinski definition) is 2. The van der Waals surface area contributed by atoms with Crippen molar-refractivity contribution in [3.8, 4) is 0 Å². The molecule has 0 bridgehead atoms. The molecule has 0 spiro atoms. The molecule has 1 aliphatic heterocycles. The van der Waals surface area contributed by atoms with Gasteiger partial charge in [-0.2, -0.15) is 0 Å². The fourth-order valence-corrected chi connectivity index (χ4v) is 3.94. The number of amides is 3. The Labute approximate surface area is 207 Å². The lowest BCUT2D eigenvalue weighted by Gasteiger charge is -2.35. The summed E-state index contributed by atoms with van der Waals surface area (Å²) in [5.74, 6) is -1.07. The van der Waals surface area contributed by atoms with Gasteiger partial charge in [0.2, 0.25) is 0 Å². The van der Waals surface area contributed by atoms with Gasteiger partial charge in [0.1, 0.15) is 5.02 Å². The zero-order valence-corrected chi connectivity index (χ0v) is 20.2. The number of nitrogens with one attached hydrogen (secondary N) is 2. The predicted octanol–water partition coefficient (Wildman–Crippen LogP) is 4.81. The van der Waals surface area contributed by atoms with Gasteiger partial charge in [0, 0.05) is 29.6 Å². The molecule has 1 atom stereocenters. The van der Waals surface area contributed by atoms with E-state index < -0.39 is 22.8 Å². The molecule has 2 aromatic carbocycles. The SMILES string of the molecule is CCCN1C(=O)N[C@@H](c2ccc(NC(=O)c3ccc(Cl)c([N+](=O)[O-])c3)cc2)C(C(=O)OCC)=C1C. The Balaban J connectivity index is 1.86. The first kappa shape index (κ1) is 25.7. The highest BCUT2D eigenvalue weighted by Gasteiger charge is 2.36. The first-order chi connectivity index (χ1) is 16.7. The Kier molecular flexibility index (Phi) is 8.08. The van der Waals surface area contributed by atoms with Gasteiger partial charge < -0.3 is 15.4 Å². The number of benzene rings is 2. The molecule has 2 N–H and O–H groups in total. The van der Waals surface area contributed by atoms with Gasteiger partial charge in [0.15, 0.2) is 0 Å². The molecule has 184 valence electrons. The smallest absolute Gasteiger partial charge is 0.338 e. The minimum Gasteiger partial charge on any atom is -0.463 e. The normalized spacial score (nSPS) is 15.5. The van der Waals surface area contributed by atoms with Gasteiger partial charge in [-0.05, 0) is 50.1 Å². The molecule has 0 saturated heterocycles. The van der Waals surface area contributed by atoms with Crippen LogP contribution in [0, 0.1) is 10.1 Å². The molecular formula is C24H25ClN4O6. The Morgan fingerprint density at radius 2 is 1.89 bits per heavy atom. The third-order valence-electron chi connectivity index (χ3n) is 5.45. The summed E-state index contributed by atoms with van der Waals surface area (Å²) in [6, 6.07) is 9.31. The molecule has 0 aliphatic carbocycles. The van der Waals surface area contributed by atoms with Crippen LogP contribution in [0.15, 0.2) is 53.7 Å². The first-order valence-corrected chi connectivity index (χ1v) is 11.4. The van der Waals surface area contributed by atoms with E-state index in [9.17, 15) is 24.5 Å². The maximum absolute atomic E-state index is 12.7. The molecule has 35 heavy (non-hydrogen) atoms. The quantitative estimate of drug-likeness (QED) is 0.303. The molecule has 2 aromatic rings. The third-order valence-corrected chi connectivity index (χ3v) is 5.77. The minimum atomic E-state index is -0.724. The van der Waals surface area contributed by atoms with Gasteiger partial charge in [-0.25, -0.2) is 9.59 Å². The van der Waals surface area contributed by atoms with E-state index in [1.54, 1.807) is 38.1 Å². The summed E-state index contributed by atoms with van der Waals surface area (Å²) in [4.78, 5) is 49.9. The van der Waals surface area contributed by atoms with Crippen LogP contribution in [0.3, 0.4) is 0 Å². The number of halogens is 1. The van der Waals surface area contributed by atoms with Crippen LogP contribution in [-0.2, 0) is 9.53 Å². The molecule has 1 aliphatic rings. The van der Waals surface area contributed by atoms with Crippen molar-refractivity contribution in [3.63, 3.8) is 0 Å². The number of nitrogens with zero attached hydrogens (tertiary/aromatic N) is 2. The molecule has 3 amide bonds. The number of carbonyl (C=O) groups excluding carboxylic acids is 3. The standard InChI is InChI=1S/C24H25ClN4O6/c1-4-12-28-14(3)20(23(31)35-5-2)21(27-24(28)32)15-6-9-17(10-7-15)26-22(30)16-8-11-18(25)19(13-16)29(33)34/h6-11,13,21H,4-5,12H2,1-3H3,(H,26,30)(H,27,32)/t21-/m0/s1. The number of nitro benzene ring substituents is 1. The van der Waals surface area contributed by atoms with Gasteiger partial charge in [0.25, 0.3) is 11.6 Å². The van der Waals surface area contributed by atoms with Crippen molar-refractivity contribution in [1.82, 2.24) is 10.2 Å². The number of hydrogen-bond acceptors (Lipinski definition) is 6. The lowest BCUT2D eigenvalue weighted by molar-refractivity contribution is -0.384. The summed E-state index contributed by atoms with van der Waals surface area (Å²) >= 11 is 5.81. The van der Waals surface area contributed by atoms with Crippen molar-refractivity contribution >= 4 is 40.9 Å². The molecule has 3 rings (SSSR count). The second-order valence-corrected chi connectivity index (χ2v) is 8.16. The summed E-state index contributed by atoms with van der Waals surface area (Å²) in [7, 11) is 0. The largest absolute Gasteiger partial charge is 0.463 e. The van der Waals surface area contributed by atoms with Crippen LogP contribution in [-0.4, -0.2) is 40.9 Å². The molecule has 0 fully saturated rings. The fraction of sp³-hybridized carbons (Fsp3) is 0.292. The number of ether oxygens (including phenoxy) is 1. The van der Waals surface area contributed by atoms with Gasteiger partial charge in [-0.1, -0.05) is 30.7 Å². The number of carbonyl (C=O) groups is 3. The maximum atomic E-state index is 12.7. The molecule has 0 unspecified atom stereocenters. The van der Waals surface area contributed by atoms with E-state index in [1.165, 1.54) is 17.0 Å². The lowest BCUT2D eigenvalue weighted by atomic mass is 9.94. The van der Waals surface area contributed by atoms with Crippen molar-refractivity contribution < 1.29 is 24.0 Å². The average molecular weight is 501 g/mol. The van der Waals surface area contributed by atoms with Crippen LogP contribution < -0.4 is 10.6 Å². The Hall–Kier alpha value is -3.92. The molecule has 0 aromatic heterocycles. The van der Waals surface area contributed by atoms with Crippen LogP contribution in [0.2, 0.25) is 5.02 Å². The Bertz CT molecular complexity index is 1200. The van der Waals surface area contributed by atoms with Crippen molar-refractivity contribution in [2.75, 3.05) is 18.5 Å². The highest BCUT2D eigenvalue weighted by atomic mass is 35.5. The second kappa shape index (κ2) is 11.0. The molecule has 1 heterocycles. The van der Waals surface area contributed by atoms with E-state index in [0.717, 1.165) is 12.5 Å². The fourth-order valence-electron chi connectivity index (χ4n) is 3.75. The van der Waals surface area contributed by atoms with Crippen LogP contribution >= 0.6 is 11.6 Å². The lowest BCUT2D eigenvalue weighted by Crippen LogP contribution is -2.48. The van der Waals surface area contributed by atoms with Crippen molar-refractivity contribution in [2.45, 2.75) is 33.2 Å². The number of allylic oxidation sites excluding steroid dienone is 1. The van der Waals surface area contributed by atoms with E-state index in [2.05, 4.69) is 10.6 Å². The number of rotatable bonds is 8. The number of esters is 1. The summed E-state index contributed by atoms with van der Waals surface area (Å²) in [6.07, 6.45) is 0.719. The number of anilines is 1. The van der Waals surface area contributed by atoms with Gasteiger partial charge >= 0.3 is 12.0 Å². The zero-order valence-electron chi connectivity index (χ0n) is 19.5. The topological polar surface area (TPSA) is 131 Å². The molecule has 11 heteroatoms. The van der Waals surface area contributed by atoms with Crippen molar-refractivity contribution in [2.24, 2.45) is 0 Å². The first-order valence-electron chi connectivity index (χ1n) is 11.0. The average Bonchev–Trinajstić information content (AvgIpc) is 2.82. The summed E-state index contributed by atoms with van der Waals surface area (Å²) in [6.45, 7) is 6.01. The van der Waals surface area contributed by atoms with Crippen molar-refractivity contribution in [3.05, 3.63) is 80.0 Å². The van der Waals surface area contributed by atoms with Gasteiger partial charge in [-0.15, -0.1) is 0 Å². The summed E-state index contributed by atoms with van der Waals surface area (Å²) in [5.41, 5.74) is 1.62. The van der Waals surface area contributed by atoms with Crippen LogP contribution in [0.4, 0.5) is 16.2 Å². The van der Waals surface area contributed by atoms with E-state index in [0.29, 0.717) is 29.1 Å². The molecule has 10 nitrogen and oxygen atoms in total. The van der Waals surface area contributed by atoms with Gasteiger partial charge in [-0.3, -0.25) is 19.8 Å². The maximum Gasteiger partial charge on any atom is 0.338 e. The predicted molar refractivity (Wildman–Crippen MR) is 130 cm³/mol. The zero-order chi connectivity index (χ0) is 25.7. The molecule has 0 saturated carbocycles. The molecular weight excluding hydrogens is 476 g/mol. The summed E-state index contributed by atoms with van der Waals surface area (Å²) < 4.78 is 5.24. The van der Waals surface area contributed by atoms with Crippen molar-refractivity contribution in [1.29, 1.82) is 0 Å². The highest BCUT2D eigenvalue weighted by molar-refractivity contribution is 6.32. The van der Waals surface area contributed by atoms with Gasteiger partial charge in [0.05, 0.1) is 23.1 Å². The van der Waals surface area contributed by atoms with E-state index >= 15 is 0 Å². The van der Waals surface area contributed by atoms with Crippen LogP contribution in [0.5, 0.6) is 0 Å². The highest BCUT2D eigenvalue weighted by Crippen LogP contribution is 2.32. The number of urea groups is 1. The van der Waals surface area contributed by atoms with Crippen LogP contribution in [0.25, 0.3) is 0 Å².